The molecule has 1 aromatic carbocycles. The van der Waals surface area contributed by atoms with Crippen LogP contribution in [0.3, 0.4) is 0 Å². The summed E-state index contributed by atoms with van der Waals surface area (Å²) in [5.74, 6) is 1.10. The summed E-state index contributed by atoms with van der Waals surface area (Å²) in [4.78, 5) is 9.02. The monoisotopic (exact) mass is 432 g/mol. The van der Waals surface area contributed by atoms with Crippen LogP contribution in [0.2, 0.25) is 5.02 Å². The number of rotatable bonds is 4. The number of piperidine rings is 1. The molecule has 1 fully saturated rings. The van der Waals surface area contributed by atoms with E-state index in [4.69, 9.17) is 16.1 Å². The van der Waals surface area contributed by atoms with Crippen molar-refractivity contribution >= 4 is 21.6 Å². The van der Waals surface area contributed by atoms with Gasteiger partial charge in [0.2, 0.25) is 10.0 Å². The number of hydrogen-bond donors (Lipinski definition) is 0. The zero-order chi connectivity index (χ0) is 20.6. The van der Waals surface area contributed by atoms with Gasteiger partial charge in [-0.15, -0.1) is 0 Å². The van der Waals surface area contributed by atoms with Crippen molar-refractivity contribution in [2.45, 2.75) is 44.0 Å². The zero-order valence-corrected chi connectivity index (χ0v) is 17.7. The third-order valence-corrected chi connectivity index (χ3v) is 7.43. The summed E-state index contributed by atoms with van der Waals surface area (Å²) in [5, 5.41) is 4.16. The average molecular weight is 433 g/mol. The normalized spacial score (nSPS) is 18.1. The quantitative estimate of drug-likeness (QED) is 0.610. The van der Waals surface area contributed by atoms with Gasteiger partial charge in [0, 0.05) is 18.8 Å². The Bertz CT molecular complexity index is 1150. The van der Waals surface area contributed by atoms with E-state index in [2.05, 4.69) is 15.1 Å². The first-order valence-electron chi connectivity index (χ1n) is 9.41. The molecule has 3 aromatic rings. The Balaban J connectivity index is 1.84. The lowest BCUT2D eigenvalue weighted by molar-refractivity contribution is 0.251. The molecule has 9 heteroatoms. The van der Waals surface area contributed by atoms with E-state index in [-0.39, 0.29) is 9.92 Å². The number of halogens is 1. The van der Waals surface area contributed by atoms with Gasteiger partial charge in [-0.1, -0.05) is 35.3 Å². The Hall–Kier alpha value is -2.29. The number of sulfonamides is 1. The number of nitrogens with zero attached hydrogens (tertiary/aromatic N) is 4. The Kier molecular flexibility index (Phi) is 5.42. The minimum absolute atomic E-state index is 0.108. The van der Waals surface area contributed by atoms with Crippen LogP contribution in [0, 0.1) is 13.8 Å². The van der Waals surface area contributed by atoms with Gasteiger partial charge in [0.05, 0.1) is 28.0 Å². The van der Waals surface area contributed by atoms with Crippen molar-refractivity contribution in [3.63, 3.8) is 0 Å². The highest BCUT2D eigenvalue weighted by Crippen LogP contribution is 2.39. The molecule has 0 bridgehead atoms. The van der Waals surface area contributed by atoms with Crippen molar-refractivity contribution in [2.24, 2.45) is 0 Å². The zero-order valence-electron chi connectivity index (χ0n) is 16.2. The van der Waals surface area contributed by atoms with E-state index in [1.165, 1.54) is 10.4 Å². The van der Waals surface area contributed by atoms with Crippen LogP contribution < -0.4 is 0 Å². The van der Waals surface area contributed by atoms with E-state index in [0.717, 1.165) is 18.5 Å². The molecule has 29 heavy (non-hydrogen) atoms. The fourth-order valence-electron chi connectivity index (χ4n) is 3.67. The standard InChI is InChI=1S/C20H21ClN4O3S/c1-13-11-18(28-24-13)15-12-22-14(2)23-20(15)17-8-5-6-10-25(17)29(26,27)19-9-4-3-7-16(19)21/h3-4,7,9,11-12,17H,5-6,8,10H2,1-2H3. The highest BCUT2D eigenvalue weighted by Gasteiger charge is 2.37. The van der Waals surface area contributed by atoms with Gasteiger partial charge in [-0.25, -0.2) is 18.4 Å². The summed E-state index contributed by atoms with van der Waals surface area (Å²) in [6.45, 7) is 4.02. The molecule has 4 rings (SSSR count). The second-order valence-electron chi connectivity index (χ2n) is 7.11. The van der Waals surface area contributed by atoms with E-state index in [1.807, 2.05) is 6.92 Å². The average Bonchev–Trinajstić information content (AvgIpc) is 3.14. The number of benzene rings is 1. The van der Waals surface area contributed by atoms with Crippen LogP contribution in [-0.2, 0) is 10.0 Å². The minimum atomic E-state index is -3.80. The van der Waals surface area contributed by atoms with Crippen molar-refractivity contribution in [3.8, 4) is 11.3 Å². The predicted octanol–water partition coefficient (Wildman–Crippen LogP) is 4.32. The maximum atomic E-state index is 13.5. The molecule has 1 aliphatic rings. The first-order chi connectivity index (χ1) is 13.9. The van der Waals surface area contributed by atoms with Crippen molar-refractivity contribution < 1.29 is 12.9 Å². The van der Waals surface area contributed by atoms with Crippen LogP contribution in [0.15, 0.2) is 45.9 Å². The van der Waals surface area contributed by atoms with Crippen molar-refractivity contribution in [1.29, 1.82) is 0 Å². The van der Waals surface area contributed by atoms with E-state index in [0.29, 0.717) is 35.8 Å². The van der Waals surface area contributed by atoms with Gasteiger partial charge in [0.15, 0.2) is 5.76 Å². The number of aryl methyl sites for hydroxylation is 2. The molecule has 0 spiro atoms. The van der Waals surface area contributed by atoms with Gasteiger partial charge < -0.3 is 4.52 Å². The Labute approximate surface area is 174 Å². The van der Waals surface area contributed by atoms with E-state index >= 15 is 0 Å². The van der Waals surface area contributed by atoms with Crippen molar-refractivity contribution in [1.82, 2.24) is 19.4 Å². The van der Waals surface area contributed by atoms with Gasteiger partial charge >= 0.3 is 0 Å². The Morgan fingerprint density at radius 3 is 2.72 bits per heavy atom. The van der Waals surface area contributed by atoms with E-state index in [9.17, 15) is 8.42 Å². The first-order valence-corrected chi connectivity index (χ1v) is 11.2. The van der Waals surface area contributed by atoms with Crippen LogP contribution in [0.4, 0.5) is 0 Å². The summed E-state index contributed by atoms with van der Waals surface area (Å²) in [6.07, 6.45) is 4.00. The van der Waals surface area contributed by atoms with Crippen LogP contribution in [0.25, 0.3) is 11.3 Å². The minimum Gasteiger partial charge on any atom is -0.356 e. The lowest BCUT2D eigenvalue weighted by Gasteiger charge is -2.35. The van der Waals surface area contributed by atoms with Crippen LogP contribution in [0.5, 0.6) is 0 Å². The van der Waals surface area contributed by atoms with E-state index in [1.54, 1.807) is 37.4 Å². The Morgan fingerprint density at radius 2 is 2.00 bits per heavy atom. The molecular weight excluding hydrogens is 412 g/mol. The van der Waals surface area contributed by atoms with Gasteiger partial charge in [-0.3, -0.25) is 0 Å². The summed E-state index contributed by atoms with van der Waals surface area (Å²) < 4.78 is 33.9. The van der Waals surface area contributed by atoms with Crippen molar-refractivity contribution in [2.75, 3.05) is 6.54 Å². The molecule has 0 N–H and O–H groups in total. The molecule has 0 radical (unpaired) electrons. The summed E-state index contributed by atoms with van der Waals surface area (Å²) in [5.41, 5.74) is 2.02. The fraction of sp³-hybridized carbons (Fsp3) is 0.350. The second kappa shape index (κ2) is 7.85. The lowest BCUT2D eigenvalue weighted by atomic mass is 9.98. The van der Waals surface area contributed by atoms with Crippen LogP contribution in [-0.4, -0.2) is 34.4 Å². The van der Waals surface area contributed by atoms with Crippen molar-refractivity contribution in [3.05, 3.63) is 58.8 Å². The summed E-state index contributed by atoms with van der Waals surface area (Å²) >= 11 is 6.22. The molecule has 2 aromatic heterocycles. The third kappa shape index (κ3) is 3.80. The van der Waals surface area contributed by atoms with Gasteiger partial charge in [-0.05, 0) is 38.8 Å². The van der Waals surface area contributed by atoms with Gasteiger partial charge in [0.1, 0.15) is 10.7 Å². The number of hydrogen-bond acceptors (Lipinski definition) is 6. The molecule has 1 atom stereocenters. The molecule has 1 unspecified atom stereocenters. The molecule has 1 saturated heterocycles. The van der Waals surface area contributed by atoms with Crippen LogP contribution in [0.1, 0.15) is 42.5 Å². The molecule has 152 valence electrons. The molecule has 3 heterocycles. The molecule has 7 nitrogen and oxygen atoms in total. The topological polar surface area (TPSA) is 89.2 Å². The molecule has 0 amide bonds. The highest BCUT2D eigenvalue weighted by molar-refractivity contribution is 7.89. The molecule has 0 aliphatic carbocycles. The van der Waals surface area contributed by atoms with E-state index < -0.39 is 16.1 Å². The number of aromatic nitrogens is 3. The predicted molar refractivity (Wildman–Crippen MR) is 109 cm³/mol. The summed E-state index contributed by atoms with van der Waals surface area (Å²) in [7, 11) is -3.80. The maximum Gasteiger partial charge on any atom is 0.245 e. The van der Waals surface area contributed by atoms with Gasteiger partial charge in [0.25, 0.3) is 0 Å². The third-order valence-electron chi connectivity index (χ3n) is 5.02. The summed E-state index contributed by atoms with van der Waals surface area (Å²) in [6, 6.07) is 7.88. The fourth-order valence-corrected chi connectivity index (χ4v) is 5.82. The van der Waals surface area contributed by atoms with Gasteiger partial charge in [-0.2, -0.15) is 4.31 Å². The largest absolute Gasteiger partial charge is 0.356 e. The molecule has 0 saturated carbocycles. The maximum absolute atomic E-state index is 13.5. The Morgan fingerprint density at radius 1 is 1.21 bits per heavy atom. The van der Waals surface area contributed by atoms with Crippen LogP contribution >= 0.6 is 11.6 Å². The molecule has 1 aliphatic heterocycles. The first kappa shape index (κ1) is 20.0. The second-order valence-corrected chi connectivity index (χ2v) is 9.37. The SMILES string of the molecule is Cc1cc(-c2cnc(C)nc2C2CCCCN2S(=O)(=O)c2ccccc2Cl)on1. The smallest absolute Gasteiger partial charge is 0.245 e. The molecular formula is C20H21ClN4O3S. The lowest BCUT2D eigenvalue weighted by Crippen LogP contribution is -2.39. The highest BCUT2D eigenvalue weighted by atomic mass is 35.5.